The molecule has 28 heavy (non-hydrogen) atoms. The summed E-state index contributed by atoms with van der Waals surface area (Å²) in [7, 11) is 5.47. The largest absolute Gasteiger partial charge is 0.382 e. The molecule has 4 rings (SSSR count). The Labute approximate surface area is 162 Å². The molecule has 4 aromatic rings. The number of methoxy groups -OCH3 is 1. The molecule has 0 aliphatic carbocycles. The lowest BCUT2D eigenvalue weighted by Crippen LogP contribution is -2.20. The predicted molar refractivity (Wildman–Crippen MR) is 106 cm³/mol. The number of nitrogens with zero attached hydrogens (tertiary/aromatic N) is 7. The van der Waals surface area contributed by atoms with E-state index in [1.807, 2.05) is 43.9 Å². The molecule has 0 radical (unpaired) electrons. The first kappa shape index (κ1) is 18.1. The van der Waals surface area contributed by atoms with Crippen molar-refractivity contribution in [3.05, 3.63) is 48.2 Å². The number of aryl methyl sites for hydroxylation is 3. The molecular weight excluding hydrogens is 356 g/mol. The van der Waals surface area contributed by atoms with E-state index in [1.54, 1.807) is 30.4 Å². The second-order valence-corrected chi connectivity index (χ2v) is 6.57. The van der Waals surface area contributed by atoms with Crippen LogP contribution in [0.25, 0.3) is 22.4 Å². The maximum absolute atomic E-state index is 5.44. The molecule has 9 heteroatoms. The summed E-state index contributed by atoms with van der Waals surface area (Å²) >= 11 is 0. The smallest absolute Gasteiger partial charge is 0.164 e. The van der Waals surface area contributed by atoms with E-state index in [1.165, 1.54) is 0 Å². The zero-order valence-corrected chi connectivity index (χ0v) is 16.3. The van der Waals surface area contributed by atoms with Crippen LogP contribution in [0.15, 0.2) is 36.8 Å². The number of aromatic nitrogens is 7. The van der Waals surface area contributed by atoms with Crippen LogP contribution in [0, 0.1) is 6.92 Å². The summed E-state index contributed by atoms with van der Waals surface area (Å²) in [6.07, 6.45) is 5.23. The number of hydrogen-bond donors (Lipinski definition) is 1. The molecular formula is C19H22N8O. The first-order chi connectivity index (χ1) is 13.6. The lowest BCUT2D eigenvalue weighted by Gasteiger charge is -2.20. The number of rotatable bonds is 6. The van der Waals surface area contributed by atoms with E-state index >= 15 is 0 Å². The Morgan fingerprint density at radius 3 is 2.54 bits per heavy atom. The van der Waals surface area contributed by atoms with Gasteiger partial charge in [-0.2, -0.15) is 10.2 Å². The van der Waals surface area contributed by atoms with Gasteiger partial charge in [0.2, 0.25) is 0 Å². The van der Waals surface area contributed by atoms with Crippen molar-refractivity contribution in [1.82, 2.24) is 34.5 Å². The molecule has 1 atom stereocenters. The highest BCUT2D eigenvalue weighted by atomic mass is 16.5. The van der Waals surface area contributed by atoms with Crippen LogP contribution in [0.2, 0.25) is 0 Å². The molecule has 0 aliphatic heterocycles. The molecule has 9 nitrogen and oxygen atoms in total. The topological polar surface area (TPSA) is 95.6 Å². The number of pyridine rings is 1. The highest BCUT2D eigenvalue weighted by Crippen LogP contribution is 2.29. The van der Waals surface area contributed by atoms with E-state index < -0.39 is 0 Å². The quantitative estimate of drug-likeness (QED) is 0.550. The summed E-state index contributed by atoms with van der Waals surface area (Å²) in [5, 5.41) is 13.2. The van der Waals surface area contributed by atoms with E-state index in [0.29, 0.717) is 18.2 Å². The van der Waals surface area contributed by atoms with E-state index in [-0.39, 0.29) is 6.04 Å². The summed E-state index contributed by atoms with van der Waals surface area (Å²) in [6.45, 7) is 2.42. The second kappa shape index (κ2) is 7.35. The fourth-order valence-corrected chi connectivity index (χ4v) is 3.33. The molecule has 0 spiro atoms. The van der Waals surface area contributed by atoms with Gasteiger partial charge in [0.25, 0.3) is 0 Å². The summed E-state index contributed by atoms with van der Waals surface area (Å²) in [5.41, 5.74) is 3.52. The van der Waals surface area contributed by atoms with Crippen LogP contribution in [0.4, 0.5) is 5.82 Å². The van der Waals surface area contributed by atoms with Gasteiger partial charge >= 0.3 is 0 Å². The molecule has 144 valence electrons. The van der Waals surface area contributed by atoms with Gasteiger partial charge in [0, 0.05) is 45.4 Å². The first-order valence-corrected chi connectivity index (χ1v) is 8.93. The lowest BCUT2D eigenvalue weighted by molar-refractivity contribution is 0.184. The van der Waals surface area contributed by atoms with E-state index in [2.05, 4.69) is 20.5 Å². The van der Waals surface area contributed by atoms with E-state index in [4.69, 9.17) is 14.7 Å². The van der Waals surface area contributed by atoms with Crippen LogP contribution in [-0.4, -0.2) is 48.2 Å². The Morgan fingerprint density at radius 2 is 1.86 bits per heavy atom. The monoisotopic (exact) mass is 378 g/mol. The summed E-state index contributed by atoms with van der Waals surface area (Å²) in [5.74, 6) is 1.33. The average Bonchev–Trinajstić information content (AvgIpc) is 3.25. The molecule has 1 N–H and O–H groups in total. The third-order valence-electron chi connectivity index (χ3n) is 4.66. The van der Waals surface area contributed by atoms with Crippen molar-refractivity contribution >= 4 is 16.9 Å². The molecule has 0 fully saturated rings. The highest BCUT2D eigenvalue weighted by Gasteiger charge is 2.21. The SMILES string of the molecule is COC[C@@H](Nc1nc(-c2ccncc2)nc2c1c(C)nn2C)c1ccnn1C. The molecule has 0 bridgehead atoms. The average molecular weight is 378 g/mol. The van der Waals surface area contributed by atoms with Crippen LogP contribution < -0.4 is 5.32 Å². The minimum absolute atomic E-state index is 0.125. The maximum atomic E-state index is 5.44. The van der Waals surface area contributed by atoms with Gasteiger partial charge in [-0.3, -0.25) is 14.3 Å². The zero-order valence-electron chi connectivity index (χ0n) is 16.3. The predicted octanol–water partition coefficient (Wildman–Crippen LogP) is 2.27. The Bertz CT molecular complexity index is 1100. The molecule has 0 saturated carbocycles. The van der Waals surface area contributed by atoms with Crippen molar-refractivity contribution in [2.75, 3.05) is 19.0 Å². The molecule has 4 heterocycles. The van der Waals surface area contributed by atoms with Gasteiger partial charge in [-0.05, 0) is 25.1 Å². The van der Waals surface area contributed by atoms with Crippen LogP contribution in [0.5, 0.6) is 0 Å². The van der Waals surface area contributed by atoms with Gasteiger partial charge in [0.05, 0.1) is 29.4 Å². The molecule has 0 aliphatic rings. The molecule has 0 unspecified atom stereocenters. The van der Waals surface area contributed by atoms with E-state index in [0.717, 1.165) is 28.0 Å². The third-order valence-corrected chi connectivity index (χ3v) is 4.66. The van der Waals surface area contributed by atoms with Crippen molar-refractivity contribution in [1.29, 1.82) is 0 Å². The van der Waals surface area contributed by atoms with Gasteiger partial charge in [-0.25, -0.2) is 9.97 Å². The summed E-state index contributed by atoms with van der Waals surface area (Å²) < 4.78 is 9.05. The second-order valence-electron chi connectivity index (χ2n) is 6.57. The minimum atomic E-state index is -0.125. The number of anilines is 1. The first-order valence-electron chi connectivity index (χ1n) is 8.93. The molecule has 0 saturated heterocycles. The highest BCUT2D eigenvalue weighted by molar-refractivity contribution is 5.91. The van der Waals surface area contributed by atoms with Crippen LogP contribution in [-0.2, 0) is 18.8 Å². The number of hydrogen-bond acceptors (Lipinski definition) is 7. The number of fused-ring (bicyclic) bond motifs is 1. The van der Waals surface area contributed by atoms with Gasteiger partial charge in [0.1, 0.15) is 5.82 Å². The maximum Gasteiger partial charge on any atom is 0.164 e. The zero-order chi connectivity index (χ0) is 19.7. The van der Waals surface area contributed by atoms with Crippen molar-refractivity contribution in [2.24, 2.45) is 14.1 Å². The van der Waals surface area contributed by atoms with Crippen molar-refractivity contribution < 1.29 is 4.74 Å². The Kier molecular flexibility index (Phi) is 4.74. The fourth-order valence-electron chi connectivity index (χ4n) is 3.33. The van der Waals surface area contributed by atoms with Gasteiger partial charge < -0.3 is 10.1 Å². The van der Waals surface area contributed by atoms with Crippen molar-refractivity contribution in [3.63, 3.8) is 0 Å². The third kappa shape index (κ3) is 3.20. The van der Waals surface area contributed by atoms with Crippen LogP contribution in [0.3, 0.4) is 0 Å². The summed E-state index contributed by atoms with van der Waals surface area (Å²) in [4.78, 5) is 13.6. The fraction of sp³-hybridized carbons (Fsp3) is 0.316. The van der Waals surface area contributed by atoms with Crippen LogP contribution >= 0.6 is 0 Å². The van der Waals surface area contributed by atoms with E-state index in [9.17, 15) is 0 Å². The molecule has 0 aromatic carbocycles. The molecule has 4 aromatic heterocycles. The standard InChI is InChI=1S/C19H22N8O/c1-12-16-18(22-14(11-28-4)15-7-10-21-26(15)2)23-17(13-5-8-20-9-6-13)24-19(16)27(3)25-12/h5-10,14H,11H2,1-4H3,(H,22,23,24)/t14-/m1/s1. The number of ether oxygens (including phenoxy) is 1. The Morgan fingerprint density at radius 1 is 1.07 bits per heavy atom. The van der Waals surface area contributed by atoms with Gasteiger partial charge in [-0.1, -0.05) is 0 Å². The van der Waals surface area contributed by atoms with Gasteiger partial charge in [0.15, 0.2) is 11.5 Å². The Hall–Kier alpha value is -3.33. The normalized spacial score (nSPS) is 12.4. The minimum Gasteiger partial charge on any atom is -0.382 e. The summed E-state index contributed by atoms with van der Waals surface area (Å²) in [6, 6.07) is 5.62. The van der Waals surface area contributed by atoms with Gasteiger partial charge in [-0.15, -0.1) is 0 Å². The van der Waals surface area contributed by atoms with Crippen LogP contribution in [0.1, 0.15) is 17.4 Å². The molecule has 0 amide bonds. The lowest BCUT2D eigenvalue weighted by atomic mass is 10.2. The number of nitrogens with one attached hydrogen (secondary N) is 1. The Balaban J connectivity index is 1.86. The van der Waals surface area contributed by atoms with Crippen molar-refractivity contribution in [3.8, 4) is 11.4 Å². The van der Waals surface area contributed by atoms with Crippen molar-refractivity contribution in [2.45, 2.75) is 13.0 Å².